The highest BCUT2D eigenvalue weighted by atomic mass is 32.1. The highest BCUT2D eigenvalue weighted by Gasteiger charge is 2.41. The van der Waals surface area contributed by atoms with Gasteiger partial charge in [0.25, 0.3) is 0 Å². The van der Waals surface area contributed by atoms with Crippen LogP contribution in [0.4, 0.5) is 0 Å². The Labute approximate surface area is 505 Å². The van der Waals surface area contributed by atoms with E-state index in [0.717, 1.165) is 55.6 Å². The van der Waals surface area contributed by atoms with Crippen LogP contribution in [0, 0.1) is 0 Å². The van der Waals surface area contributed by atoms with Crippen molar-refractivity contribution in [3.8, 4) is 113 Å². The minimum Gasteiger partial charge on any atom is -0.208 e. The van der Waals surface area contributed by atoms with E-state index < -0.39 is 0 Å². The molecule has 0 spiro atoms. The summed E-state index contributed by atoms with van der Waals surface area (Å²) in [6, 6.07) is 95.4. The van der Waals surface area contributed by atoms with Gasteiger partial charge in [-0.15, -0.1) is 22.7 Å². The number of hydrogen-bond acceptors (Lipinski definition) is 8. The third kappa shape index (κ3) is 8.68. The molecule has 2 atom stereocenters. The lowest BCUT2D eigenvalue weighted by molar-refractivity contribution is 0.755. The SMILES string of the molecule is c1ccc(-c2nc(-c3ccc(-c4ccc5c(c4)C4c6ccccc6C5c5cc(-c6ccc(-c7nc(-c8ccccc8)nc(-c8cccc(-c9csc%10ccccc9%10)c8)n7)cc6)ccc54)cc3)nc(-c3cccc(-c4csc5ccccc45)c3)n2)cc1. The van der Waals surface area contributed by atoms with E-state index in [1.807, 2.05) is 36.4 Å². The van der Waals surface area contributed by atoms with Crippen LogP contribution in [0.15, 0.2) is 278 Å². The molecule has 2 unspecified atom stereocenters. The largest absolute Gasteiger partial charge is 0.208 e. The molecule has 6 nitrogen and oxygen atoms in total. The second-order valence-electron chi connectivity index (χ2n) is 22.1. The van der Waals surface area contributed by atoms with Gasteiger partial charge in [-0.3, -0.25) is 0 Å². The summed E-state index contributed by atoms with van der Waals surface area (Å²) in [5, 5.41) is 6.98. The van der Waals surface area contributed by atoms with Crippen molar-refractivity contribution in [3.63, 3.8) is 0 Å². The molecule has 0 saturated heterocycles. The summed E-state index contributed by atoms with van der Waals surface area (Å²) >= 11 is 3.53. The smallest absolute Gasteiger partial charge is 0.164 e. The first-order valence-electron chi connectivity index (χ1n) is 28.9. The summed E-state index contributed by atoms with van der Waals surface area (Å²) in [5.41, 5.74) is 23.2. The van der Waals surface area contributed by atoms with Gasteiger partial charge in [0.2, 0.25) is 0 Å². The maximum atomic E-state index is 5.17. The first-order chi connectivity index (χ1) is 42.6. The van der Waals surface area contributed by atoms with Gasteiger partial charge in [0.15, 0.2) is 34.9 Å². The molecule has 0 fully saturated rings. The highest BCUT2D eigenvalue weighted by Crippen LogP contribution is 2.57. The van der Waals surface area contributed by atoms with Gasteiger partial charge in [0, 0.05) is 76.5 Å². The quantitative estimate of drug-likeness (QED) is 0.136. The van der Waals surface area contributed by atoms with Crippen molar-refractivity contribution in [1.29, 1.82) is 0 Å². The zero-order valence-corrected chi connectivity index (χ0v) is 47.8. The van der Waals surface area contributed by atoms with E-state index >= 15 is 0 Å². The van der Waals surface area contributed by atoms with Crippen LogP contribution in [0.3, 0.4) is 0 Å². The molecular formula is C78H48N6S2. The second-order valence-corrected chi connectivity index (χ2v) is 24.0. The lowest BCUT2D eigenvalue weighted by atomic mass is 9.60. The van der Waals surface area contributed by atoms with Gasteiger partial charge in [-0.25, -0.2) is 29.9 Å². The maximum Gasteiger partial charge on any atom is 0.164 e. The summed E-state index contributed by atoms with van der Waals surface area (Å²) in [5.74, 6) is 4.04. The van der Waals surface area contributed by atoms with Crippen molar-refractivity contribution >= 4 is 42.8 Å². The Morgan fingerprint density at radius 2 is 0.512 bits per heavy atom. The molecule has 3 aliphatic rings. The number of benzene rings is 11. The average Bonchev–Trinajstić information content (AvgIpc) is 0.968. The van der Waals surface area contributed by atoms with Crippen LogP contribution in [0.5, 0.6) is 0 Å². The molecule has 3 aliphatic carbocycles. The van der Waals surface area contributed by atoms with Crippen LogP contribution in [0.25, 0.3) is 133 Å². The Kier molecular flexibility index (Phi) is 12.0. The van der Waals surface area contributed by atoms with Crippen molar-refractivity contribution < 1.29 is 0 Å². The monoisotopic (exact) mass is 1130 g/mol. The Balaban J connectivity index is 0.677. The number of rotatable bonds is 10. The van der Waals surface area contributed by atoms with E-state index in [0.29, 0.717) is 34.9 Å². The van der Waals surface area contributed by atoms with E-state index in [4.69, 9.17) is 29.9 Å². The zero-order valence-electron chi connectivity index (χ0n) is 46.2. The topological polar surface area (TPSA) is 77.3 Å². The molecule has 4 aromatic heterocycles. The molecule has 15 aromatic rings. The molecule has 0 N–H and O–H groups in total. The van der Waals surface area contributed by atoms with E-state index in [1.165, 1.54) is 75.8 Å². The van der Waals surface area contributed by atoms with Crippen molar-refractivity contribution in [2.45, 2.75) is 11.8 Å². The van der Waals surface area contributed by atoms with Crippen LogP contribution in [0.2, 0.25) is 0 Å². The Bertz CT molecular complexity index is 4810. The van der Waals surface area contributed by atoms with Gasteiger partial charge < -0.3 is 0 Å². The van der Waals surface area contributed by atoms with Crippen LogP contribution in [-0.2, 0) is 0 Å². The summed E-state index contributed by atoms with van der Waals surface area (Å²) < 4.78 is 2.54. The predicted octanol–water partition coefficient (Wildman–Crippen LogP) is 20.1. The van der Waals surface area contributed by atoms with Gasteiger partial charge in [-0.1, -0.05) is 231 Å². The molecule has 8 heteroatoms. The number of hydrogen-bond donors (Lipinski definition) is 0. The van der Waals surface area contributed by atoms with E-state index in [9.17, 15) is 0 Å². The Morgan fingerprint density at radius 3 is 0.930 bits per heavy atom. The minimum absolute atomic E-state index is 0.107. The number of thiophene rings is 2. The third-order valence-corrected chi connectivity index (χ3v) is 19.1. The number of aromatic nitrogens is 6. The summed E-state index contributed by atoms with van der Waals surface area (Å²) in [6.45, 7) is 0. The van der Waals surface area contributed by atoms with Crippen LogP contribution in [-0.4, -0.2) is 29.9 Å². The molecule has 18 rings (SSSR count). The van der Waals surface area contributed by atoms with Crippen molar-refractivity contribution in [3.05, 3.63) is 311 Å². The molecule has 0 aliphatic heterocycles. The lowest BCUT2D eigenvalue weighted by Crippen LogP contribution is -2.27. The van der Waals surface area contributed by atoms with Gasteiger partial charge >= 0.3 is 0 Å². The molecule has 0 saturated carbocycles. The van der Waals surface area contributed by atoms with E-state index in [2.05, 4.69) is 241 Å². The predicted molar refractivity (Wildman–Crippen MR) is 353 cm³/mol. The number of fused-ring (bicyclic) bond motifs is 2. The normalized spacial score (nSPS) is 13.8. The van der Waals surface area contributed by atoms with Crippen molar-refractivity contribution in [1.82, 2.24) is 29.9 Å². The van der Waals surface area contributed by atoms with Gasteiger partial charge in [0.1, 0.15) is 0 Å². The summed E-state index contributed by atoms with van der Waals surface area (Å²) in [4.78, 5) is 30.7. The van der Waals surface area contributed by atoms with Crippen LogP contribution in [0.1, 0.15) is 45.2 Å². The molecule has 4 heterocycles. The van der Waals surface area contributed by atoms with Gasteiger partial charge in [-0.05, 0) is 114 Å². The van der Waals surface area contributed by atoms with E-state index in [1.54, 1.807) is 22.7 Å². The maximum absolute atomic E-state index is 5.17. The average molecular weight is 1130 g/mol. The Hall–Kier alpha value is -10.6. The fourth-order valence-electron chi connectivity index (χ4n) is 13.0. The molecule has 0 amide bonds. The Morgan fingerprint density at radius 1 is 0.209 bits per heavy atom. The molecule has 86 heavy (non-hydrogen) atoms. The molecule has 0 radical (unpaired) electrons. The first kappa shape index (κ1) is 49.9. The van der Waals surface area contributed by atoms with Crippen LogP contribution < -0.4 is 0 Å². The first-order valence-corrected chi connectivity index (χ1v) is 30.7. The van der Waals surface area contributed by atoms with Gasteiger partial charge in [-0.2, -0.15) is 0 Å². The number of nitrogens with zero attached hydrogens (tertiary/aromatic N) is 6. The molecule has 402 valence electrons. The van der Waals surface area contributed by atoms with E-state index in [-0.39, 0.29) is 11.8 Å². The minimum atomic E-state index is 0.107. The zero-order chi connectivity index (χ0) is 56.7. The van der Waals surface area contributed by atoms with Crippen LogP contribution >= 0.6 is 22.7 Å². The molecular weight excluding hydrogens is 1090 g/mol. The lowest BCUT2D eigenvalue weighted by Gasteiger charge is -2.42. The third-order valence-electron chi connectivity index (χ3n) is 17.1. The fraction of sp³-hybridized carbons (Fsp3) is 0.0256. The van der Waals surface area contributed by atoms with Crippen molar-refractivity contribution in [2.75, 3.05) is 0 Å². The standard InChI is InChI=1S/C78H48N6S2/c1-3-15-49(16-4-1)73-79-75(83-77(81-73)57-21-13-19-55(41-57)67-45-85-69-27-11-9-23-59(67)69)51-33-29-47(30-34-51)53-37-39-63-65(43-53)71-61-25-7-8-26-62(61)72(63)66-44-54(38-40-64(66)71)48-31-35-52(36-32-48)76-80-74(50-17-5-2-6-18-50)82-78(84-76)58-22-14-20-56(42-58)68-46-86-70-28-12-10-24-60(68)70/h1-46,71-72H. The highest BCUT2D eigenvalue weighted by molar-refractivity contribution is 7.18. The fourth-order valence-corrected chi connectivity index (χ4v) is 14.9. The summed E-state index contributed by atoms with van der Waals surface area (Å²) in [7, 11) is 0. The molecule has 11 aromatic carbocycles. The molecule has 2 bridgehead atoms. The summed E-state index contributed by atoms with van der Waals surface area (Å²) in [6.07, 6.45) is 0. The van der Waals surface area contributed by atoms with Gasteiger partial charge in [0.05, 0.1) is 0 Å². The van der Waals surface area contributed by atoms with Crippen molar-refractivity contribution in [2.24, 2.45) is 0 Å². The second kappa shape index (κ2) is 20.6.